The number of aryl methyl sites for hydroxylation is 1. The van der Waals surface area contributed by atoms with Gasteiger partial charge in [-0.15, -0.1) is 0 Å². The minimum Gasteiger partial charge on any atom is -0.444 e. The van der Waals surface area contributed by atoms with Crippen LogP contribution in [0.3, 0.4) is 0 Å². The van der Waals surface area contributed by atoms with E-state index in [-0.39, 0.29) is 17.2 Å². The number of rotatable bonds is 7. The number of alkyl carbamates (subject to hydrolysis) is 1. The van der Waals surface area contributed by atoms with Gasteiger partial charge in [0, 0.05) is 7.11 Å². The first-order chi connectivity index (χ1) is 13.8. The highest BCUT2D eigenvalue weighted by Crippen LogP contribution is 2.27. The molecule has 0 radical (unpaired) electrons. The van der Waals surface area contributed by atoms with Crippen LogP contribution in [0.4, 0.5) is 4.79 Å². The molecule has 1 N–H and O–H groups in total. The number of carbonyl (C=O) groups is 1. The minimum absolute atomic E-state index is 0.0838. The Bertz CT molecular complexity index is 962. The average Bonchev–Trinajstić information content (AvgIpc) is 2.65. The number of amides is 1. The van der Waals surface area contributed by atoms with Crippen molar-refractivity contribution in [2.24, 2.45) is 0 Å². The number of hydrogen-bond acceptors (Lipinski definition) is 6. The van der Waals surface area contributed by atoms with Gasteiger partial charge in [-0.25, -0.2) is 4.79 Å². The lowest BCUT2D eigenvalue weighted by Gasteiger charge is -2.30. The molecule has 1 atom stereocenters. The van der Waals surface area contributed by atoms with E-state index in [9.17, 15) is 13.2 Å². The van der Waals surface area contributed by atoms with Crippen LogP contribution in [-0.2, 0) is 25.2 Å². The van der Waals surface area contributed by atoms with Crippen molar-refractivity contribution < 1.29 is 26.9 Å². The van der Waals surface area contributed by atoms with Crippen molar-refractivity contribution in [3.63, 3.8) is 0 Å². The summed E-state index contributed by atoms with van der Waals surface area (Å²) in [6.45, 7) is 9.20. The molecule has 1 unspecified atom stereocenters. The van der Waals surface area contributed by atoms with Gasteiger partial charge in [0.05, 0.1) is 6.54 Å². The molecule has 0 aliphatic heterocycles. The summed E-state index contributed by atoms with van der Waals surface area (Å²) >= 11 is 0. The van der Waals surface area contributed by atoms with Gasteiger partial charge in [-0.3, -0.25) is 0 Å². The molecule has 1 amide bonds. The molecule has 7 nitrogen and oxygen atoms in total. The van der Waals surface area contributed by atoms with Gasteiger partial charge in [-0.05, 0) is 64.4 Å². The zero-order valence-electron chi connectivity index (χ0n) is 18.2. The van der Waals surface area contributed by atoms with Crippen molar-refractivity contribution in [1.82, 2.24) is 5.32 Å². The predicted octanol–water partition coefficient (Wildman–Crippen LogP) is 4.15. The summed E-state index contributed by atoms with van der Waals surface area (Å²) in [7, 11) is -2.40. The molecule has 0 saturated heterocycles. The summed E-state index contributed by atoms with van der Waals surface area (Å²) in [5.41, 5.74) is 0.249. The van der Waals surface area contributed by atoms with E-state index in [0.29, 0.717) is 0 Å². The number of nitrogens with one attached hydrogen (secondary N) is 1. The van der Waals surface area contributed by atoms with Crippen LogP contribution in [0.1, 0.15) is 38.8 Å². The topological polar surface area (TPSA) is 90.9 Å². The molecule has 0 fully saturated rings. The summed E-state index contributed by atoms with van der Waals surface area (Å²) in [5, 5.41) is 2.69. The molecule has 0 spiro atoms. The maximum atomic E-state index is 12.4. The Balaban J connectivity index is 2.10. The number of benzene rings is 2. The van der Waals surface area contributed by atoms with Gasteiger partial charge in [-0.1, -0.05) is 29.8 Å². The van der Waals surface area contributed by atoms with Gasteiger partial charge in [0.25, 0.3) is 0 Å². The van der Waals surface area contributed by atoms with Crippen molar-refractivity contribution in [1.29, 1.82) is 0 Å². The van der Waals surface area contributed by atoms with Crippen molar-refractivity contribution in [2.75, 3.05) is 13.7 Å². The summed E-state index contributed by atoms with van der Waals surface area (Å²) < 4.78 is 40.9. The summed E-state index contributed by atoms with van der Waals surface area (Å²) in [4.78, 5) is 12.0. The summed E-state index contributed by atoms with van der Waals surface area (Å²) in [6, 6.07) is 12.9. The SMILES string of the molecule is COC(C)(CNC(=O)OC(C)(C)C)c1ccc(OS(=O)(=O)c2ccc(C)cc2)cc1. The Morgan fingerprint density at radius 3 is 2.03 bits per heavy atom. The molecule has 2 aromatic rings. The van der Waals surface area contributed by atoms with Crippen molar-refractivity contribution in [3.8, 4) is 5.75 Å². The number of hydrogen-bond donors (Lipinski definition) is 1. The van der Waals surface area contributed by atoms with E-state index in [0.717, 1.165) is 11.1 Å². The monoisotopic (exact) mass is 435 g/mol. The second-order valence-corrected chi connectivity index (χ2v) is 9.71. The van der Waals surface area contributed by atoms with Crippen molar-refractivity contribution in [2.45, 2.75) is 50.7 Å². The van der Waals surface area contributed by atoms with Gasteiger partial charge in [0.1, 0.15) is 21.8 Å². The van der Waals surface area contributed by atoms with Gasteiger partial charge in [0.2, 0.25) is 0 Å². The van der Waals surface area contributed by atoms with E-state index >= 15 is 0 Å². The fourth-order valence-corrected chi connectivity index (χ4v) is 3.52. The minimum atomic E-state index is -3.93. The largest absolute Gasteiger partial charge is 0.444 e. The summed E-state index contributed by atoms with van der Waals surface area (Å²) in [6.07, 6.45) is -0.546. The van der Waals surface area contributed by atoms with Crippen LogP contribution in [0.25, 0.3) is 0 Å². The molecule has 0 heterocycles. The van der Waals surface area contributed by atoms with Crippen LogP contribution < -0.4 is 9.50 Å². The zero-order chi connectivity index (χ0) is 22.6. The lowest BCUT2D eigenvalue weighted by Crippen LogP contribution is -2.42. The van der Waals surface area contributed by atoms with Crippen LogP contribution >= 0.6 is 0 Å². The van der Waals surface area contributed by atoms with Crippen LogP contribution in [-0.4, -0.2) is 33.8 Å². The Morgan fingerprint density at radius 2 is 1.53 bits per heavy atom. The molecule has 2 rings (SSSR count). The smallest absolute Gasteiger partial charge is 0.407 e. The third-order valence-corrected chi connectivity index (χ3v) is 5.66. The van der Waals surface area contributed by atoms with Crippen LogP contribution in [0.5, 0.6) is 5.75 Å². The van der Waals surface area contributed by atoms with Crippen LogP contribution in [0.15, 0.2) is 53.4 Å². The average molecular weight is 436 g/mol. The second kappa shape index (κ2) is 9.06. The molecule has 0 saturated carbocycles. The van der Waals surface area contributed by atoms with Crippen molar-refractivity contribution in [3.05, 3.63) is 59.7 Å². The fourth-order valence-electron chi connectivity index (χ4n) is 2.59. The van der Waals surface area contributed by atoms with E-state index < -0.39 is 27.4 Å². The van der Waals surface area contributed by atoms with Gasteiger partial charge >= 0.3 is 16.2 Å². The summed E-state index contributed by atoms with van der Waals surface area (Å²) in [5.74, 6) is 0.179. The van der Waals surface area contributed by atoms with Gasteiger partial charge < -0.3 is 19.0 Å². The number of carbonyl (C=O) groups excluding carboxylic acids is 1. The highest BCUT2D eigenvalue weighted by molar-refractivity contribution is 7.87. The van der Waals surface area contributed by atoms with E-state index in [1.54, 1.807) is 57.2 Å². The maximum absolute atomic E-state index is 12.4. The molecule has 164 valence electrons. The lowest BCUT2D eigenvalue weighted by atomic mass is 9.95. The predicted molar refractivity (Wildman–Crippen MR) is 114 cm³/mol. The molecule has 8 heteroatoms. The maximum Gasteiger partial charge on any atom is 0.407 e. The van der Waals surface area contributed by atoms with E-state index in [1.165, 1.54) is 19.2 Å². The Morgan fingerprint density at radius 1 is 0.967 bits per heavy atom. The highest BCUT2D eigenvalue weighted by Gasteiger charge is 2.28. The first-order valence-corrected chi connectivity index (χ1v) is 10.9. The number of ether oxygens (including phenoxy) is 2. The van der Waals surface area contributed by atoms with E-state index in [2.05, 4.69) is 5.32 Å². The number of methoxy groups -OCH3 is 1. The fraction of sp³-hybridized carbons (Fsp3) is 0.409. The second-order valence-electron chi connectivity index (χ2n) is 8.17. The first kappa shape index (κ1) is 23.7. The van der Waals surface area contributed by atoms with Crippen LogP contribution in [0.2, 0.25) is 0 Å². The van der Waals surface area contributed by atoms with E-state index in [4.69, 9.17) is 13.7 Å². The van der Waals surface area contributed by atoms with Gasteiger partial charge in [0.15, 0.2) is 0 Å². The Kier molecular flexibility index (Phi) is 7.15. The standard InChI is InChI=1S/C22H29NO6S/c1-16-7-13-19(14-8-16)30(25,26)29-18-11-9-17(10-12-18)22(5,27-6)15-23-20(24)28-21(2,3)4/h7-14H,15H2,1-6H3,(H,23,24). The molecule has 30 heavy (non-hydrogen) atoms. The molecule has 0 aromatic heterocycles. The lowest BCUT2D eigenvalue weighted by molar-refractivity contribution is -0.00291. The quantitative estimate of drug-likeness (QED) is 0.657. The highest BCUT2D eigenvalue weighted by atomic mass is 32.2. The molecule has 0 aliphatic rings. The first-order valence-electron chi connectivity index (χ1n) is 9.48. The molecule has 0 bridgehead atoms. The molecule has 2 aromatic carbocycles. The van der Waals surface area contributed by atoms with E-state index in [1.807, 2.05) is 13.8 Å². The van der Waals surface area contributed by atoms with Crippen LogP contribution in [0, 0.1) is 6.92 Å². The Hall–Kier alpha value is -2.58. The normalized spacial score (nSPS) is 13.9. The zero-order valence-corrected chi connectivity index (χ0v) is 19.0. The molecule has 0 aliphatic carbocycles. The third kappa shape index (κ3) is 6.47. The third-order valence-electron chi connectivity index (χ3n) is 4.40. The Labute approximate surface area is 178 Å². The van der Waals surface area contributed by atoms with Gasteiger partial charge in [-0.2, -0.15) is 8.42 Å². The molecular weight excluding hydrogens is 406 g/mol. The molecular formula is C22H29NO6S. The van der Waals surface area contributed by atoms with Crippen molar-refractivity contribution >= 4 is 16.2 Å².